The first-order valence-corrected chi connectivity index (χ1v) is 15.2. The Kier molecular flexibility index (Phi) is 8.04. The monoisotopic (exact) mass is 532 g/mol. The molecule has 0 aromatic carbocycles. The van der Waals surface area contributed by atoms with E-state index in [2.05, 4.69) is 27.7 Å². The van der Waals surface area contributed by atoms with Crippen molar-refractivity contribution in [2.75, 3.05) is 0 Å². The summed E-state index contributed by atoms with van der Waals surface area (Å²) in [5.41, 5.74) is -0.497. The number of hydrogen-bond donors (Lipinski definition) is 2. The van der Waals surface area contributed by atoms with Crippen LogP contribution in [0.2, 0.25) is 0 Å². The van der Waals surface area contributed by atoms with Gasteiger partial charge in [-0.3, -0.25) is 9.59 Å². The number of ketones is 1. The quantitative estimate of drug-likeness (QED) is 0.331. The van der Waals surface area contributed by atoms with Gasteiger partial charge >= 0.3 is 5.97 Å². The highest BCUT2D eigenvalue weighted by Crippen LogP contribution is 2.73. The lowest BCUT2D eigenvalue weighted by molar-refractivity contribution is -0.260. The molecule has 4 saturated carbocycles. The smallest absolute Gasteiger partial charge is 0.308 e. The standard InChI is InChI=1S/C32H52O6/c1-8-20(35)15-27(37)38-22-16-25-31(6)14-11-23-29(4,9-2)12-10-13-30(23,5)24(31)17-26(36)32(25,7)21(18-33)28(22)19(3)34/h18,20-26,28,35-36H,8-17H2,1-7H3/t20-,21-,22+,23+,24+,25-,26+,28-,29-,30-,31+,32+/m0/s1. The van der Waals surface area contributed by atoms with E-state index in [4.69, 9.17) is 4.74 Å². The van der Waals surface area contributed by atoms with Gasteiger partial charge < -0.3 is 19.7 Å². The molecule has 12 atom stereocenters. The first kappa shape index (κ1) is 29.7. The minimum Gasteiger partial charge on any atom is -0.461 e. The molecule has 6 heteroatoms. The summed E-state index contributed by atoms with van der Waals surface area (Å²) in [6.45, 7) is 14.9. The third-order valence-electron chi connectivity index (χ3n) is 12.9. The zero-order valence-corrected chi connectivity index (χ0v) is 24.8. The van der Waals surface area contributed by atoms with Gasteiger partial charge in [0, 0.05) is 11.3 Å². The summed E-state index contributed by atoms with van der Waals surface area (Å²) >= 11 is 0. The fourth-order valence-electron chi connectivity index (χ4n) is 10.7. The van der Waals surface area contributed by atoms with E-state index in [1.807, 2.05) is 6.92 Å². The molecule has 4 aliphatic rings. The van der Waals surface area contributed by atoms with Crippen LogP contribution in [0.4, 0.5) is 0 Å². The van der Waals surface area contributed by atoms with Gasteiger partial charge in [-0.1, -0.05) is 54.4 Å². The molecule has 0 aromatic heterocycles. The predicted octanol–water partition coefficient (Wildman–Crippen LogP) is 5.51. The van der Waals surface area contributed by atoms with Gasteiger partial charge in [0.15, 0.2) is 0 Å². The van der Waals surface area contributed by atoms with E-state index < -0.39 is 41.5 Å². The Balaban J connectivity index is 1.76. The Morgan fingerprint density at radius 2 is 1.66 bits per heavy atom. The number of Topliss-reactive ketones (excluding diaryl/α,β-unsaturated/α-hetero) is 1. The minimum atomic E-state index is -0.790. The molecule has 0 aromatic rings. The summed E-state index contributed by atoms with van der Waals surface area (Å²) in [5, 5.41) is 22.0. The van der Waals surface area contributed by atoms with Crippen LogP contribution in [0.15, 0.2) is 0 Å². The molecule has 0 radical (unpaired) electrons. The average molecular weight is 533 g/mol. The van der Waals surface area contributed by atoms with Crippen LogP contribution in [0.5, 0.6) is 0 Å². The van der Waals surface area contributed by atoms with Crippen molar-refractivity contribution in [3.05, 3.63) is 0 Å². The molecule has 6 nitrogen and oxygen atoms in total. The number of aldehydes is 1. The molecule has 38 heavy (non-hydrogen) atoms. The lowest BCUT2D eigenvalue weighted by Gasteiger charge is -2.71. The molecule has 4 fully saturated rings. The van der Waals surface area contributed by atoms with Gasteiger partial charge in [-0.05, 0) is 85.9 Å². The molecule has 0 saturated heterocycles. The number of aliphatic hydroxyl groups is 2. The van der Waals surface area contributed by atoms with Gasteiger partial charge in [-0.2, -0.15) is 0 Å². The lowest BCUT2D eigenvalue weighted by atomic mass is 9.33. The van der Waals surface area contributed by atoms with E-state index in [0.717, 1.165) is 32.0 Å². The molecule has 2 N–H and O–H groups in total. The normalized spacial score (nSPS) is 49.1. The maximum atomic E-state index is 13.0. The van der Waals surface area contributed by atoms with Gasteiger partial charge in [-0.15, -0.1) is 0 Å². The lowest BCUT2D eigenvalue weighted by Crippen LogP contribution is -2.69. The number of aliphatic hydroxyl groups excluding tert-OH is 2. The Labute approximate surface area is 229 Å². The summed E-state index contributed by atoms with van der Waals surface area (Å²) in [5.74, 6) is -1.37. The number of ether oxygens (including phenoxy) is 1. The Morgan fingerprint density at radius 3 is 2.24 bits per heavy atom. The number of hydrogen-bond acceptors (Lipinski definition) is 6. The second-order valence-corrected chi connectivity index (χ2v) is 14.5. The minimum absolute atomic E-state index is 0.0592. The molecule has 0 bridgehead atoms. The summed E-state index contributed by atoms with van der Waals surface area (Å²) in [7, 11) is 0. The second kappa shape index (κ2) is 10.3. The first-order valence-electron chi connectivity index (χ1n) is 15.2. The van der Waals surface area contributed by atoms with Crippen LogP contribution in [0.25, 0.3) is 0 Å². The van der Waals surface area contributed by atoms with Crippen LogP contribution < -0.4 is 0 Å². The second-order valence-electron chi connectivity index (χ2n) is 14.5. The van der Waals surface area contributed by atoms with E-state index in [1.54, 1.807) is 6.92 Å². The van der Waals surface area contributed by atoms with Crippen molar-refractivity contribution in [1.29, 1.82) is 0 Å². The third-order valence-corrected chi connectivity index (χ3v) is 12.9. The number of fused-ring (bicyclic) bond motifs is 5. The van der Waals surface area contributed by atoms with Crippen LogP contribution in [0.3, 0.4) is 0 Å². The fourth-order valence-corrected chi connectivity index (χ4v) is 10.7. The first-order chi connectivity index (χ1) is 17.7. The van der Waals surface area contributed by atoms with Gasteiger partial charge in [-0.25, -0.2) is 0 Å². The van der Waals surface area contributed by atoms with E-state index in [9.17, 15) is 24.6 Å². The van der Waals surface area contributed by atoms with Gasteiger partial charge in [0.2, 0.25) is 0 Å². The summed E-state index contributed by atoms with van der Waals surface area (Å²) in [6.07, 6.45) is 7.00. The van der Waals surface area contributed by atoms with Gasteiger partial charge in [0.1, 0.15) is 18.2 Å². The average Bonchev–Trinajstić information content (AvgIpc) is 2.85. The zero-order valence-electron chi connectivity index (χ0n) is 24.8. The van der Waals surface area contributed by atoms with Crippen LogP contribution in [-0.2, 0) is 19.1 Å². The predicted molar refractivity (Wildman–Crippen MR) is 146 cm³/mol. The van der Waals surface area contributed by atoms with E-state index in [1.165, 1.54) is 19.8 Å². The Bertz CT molecular complexity index is 933. The zero-order chi connectivity index (χ0) is 28.3. The molecule has 0 unspecified atom stereocenters. The van der Waals surface area contributed by atoms with Crippen molar-refractivity contribution in [2.24, 2.45) is 51.2 Å². The van der Waals surface area contributed by atoms with Crippen LogP contribution in [0, 0.1) is 51.2 Å². The van der Waals surface area contributed by atoms with Gasteiger partial charge in [0.05, 0.1) is 24.5 Å². The molecule has 0 aliphatic heterocycles. The van der Waals surface area contributed by atoms with Crippen LogP contribution >= 0.6 is 0 Å². The molecular formula is C32H52O6. The van der Waals surface area contributed by atoms with Crippen molar-refractivity contribution >= 4 is 18.0 Å². The molecule has 4 aliphatic carbocycles. The van der Waals surface area contributed by atoms with E-state index in [0.29, 0.717) is 36.5 Å². The maximum absolute atomic E-state index is 13.0. The van der Waals surface area contributed by atoms with Crippen molar-refractivity contribution in [3.63, 3.8) is 0 Å². The highest BCUT2D eigenvalue weighted by atomic mass is 16.5. The molecule has 0 heterocycles. The highest BCUT2D eigenvalue weighted by molar-refractivity contribution is 5.83. The summed E-state index contributed by atoms with van der Waals surface area (Å²) in [6, 6.07) is 0. The molecule has 0 spiro atoms. The van der Waals surface area contributed by atoms with Crippen LogP contribution in [0.1, 0.15) is 113 Å². The number of carbonyl (C=O) groups excluding carboxylic acids is 3. The number of rotatable bonds is 7. The Hall–Kier alpha value is -1.27. The molecule has 0 amide bonds. The van der Waals surface area contributed by atoms with Crippen LogP contribution in [-0.4, -0.2) is 46.6 Å². The SMILES string of the molecule is CC[C@H](O)CC(=O)O[C@@H]1C[C@H]2[C@]3(C)CC[C@@H]4[C@@](C)(CC)CCC[C@]4(C)[C@H]3C[C@@H](O)[C@]2(C)[C@@H](C=O)[C@@H]1C(C)=O. The summed E-state index contributed by atoms with van der Waals surface area (Å²) < 4.78 is 5.95. The largest absolute Gasteiger partial charge is 0.461 e. The van der Waals surface area contributed by atoms with Crippen molar-refractivity contribution in [2.45, 2.75) is 131 Å². The van der Waals surface area contributed by atoms with E-state index >= 15 is 0 Å². The van der Waals surface area contributed by atoms with Gasteiger partial charge in [0.25, 0.3) is 0 Å². The maximum Gasteiger partial charge on any atom is 0.308 e. The number of esters is 1. The Morgan fingerprint density at radius 1 is 1.00 bits per heavy atom. The molecular weight excluding hydrogens is 480 g/mol. The highest BCUT2D eigenvalue weighted by Gasteiger charge is 2.70. The van der Waals surface area contributed by atoms with Crippen molar-refractivity contribution in [1.82, 2.24) is 0 Å². The summed E-state index contributed by atoms with van der Waals surface area (Å²) in [4.78, 5) is 38.6. The number of carbonyl (C=O) groups is 3. The molecule has 216 valence electrons. The molecule has 4 rings (SSSR count). The van der Waals surface area contributed by atoms with E-state index in [-0.39, 0.29) is 29.0 Å². The fraction of sp³-hybridized carbons (Fsp3) is 0.906. The third kappa shape index (κ3) is 4.31. The van der Waals surface area contributed by atoms with Crippen molar-refractivity contribution in [3.8, 4) is 0 Å². The topological polar surface area (TPSA) is 101 Å². The van der Waals surface area contributed by atoms with Crippen molar-refractivity contribution < 1.29 is 29.3 Å².